The fourth-order valence-electron chi connectivity index (χ4n) is 2.07. The zero-order valence-corrected chi connectivity index (χ0v) is 13.0. The molecule has 0 bridgehead atoms. The predicted octanol–water partition coefficient (Wildman–Crippen LogP) is 0.959. The van der Waals surface area contributed by atoms with Crippen LogP contribution in [0.1, 0.15) is 6.92 Å². The van der Waals surface area contributed by atoms with E-state index in [9.17, 15) is 17.2 Å². The van der Waals surface area contributed by atoms with Gasteiger partial charge in [-0.3, -0.25) is 0 Å². The van der Waals surface area contributed by atoms with Gasteiger partial charge in [0, 0.05) is 29.9 Å². The summed E-state index contributed by atoms with van der Waals surface area (Å²) in [5.74, 6) is 3.67. The molecule has 0 saturated carbocycles. The van der Waals surface area contributed by atoms with Gasteiger partial charge in [0.25, 0.3) is 0 Å². The molecule has 0 amide bonds. The van der Waals surface area contributed by atoms with Crippen molar-refractivity contribution in [1.29, 1.82) is 0 Å². The van der Waals surface area contributed by atoms with Crippen molar-refractivity contribution in [2.45, 2.75) is 12.3 Å². The number of sulfone groups is 1. The third-order valence-corrected chi connectivity index (χ3v) is 6.51. The Kier molecular flexibility index (Phi) is 4.89. The number of pyridine rings is 1. The van der Waals surface area contributed by atoms with Crippen molar-refractivity contribution >= 4 is 33.2 Å². The fourth-order valence-corrected chi connectivity index (χ4v) is 5.04. The summed E-state index contributed by atoms with van der Waals surface area (Å²) < 4.78 is 51.7. The maximum atomic E-state index is 14.0. The second-order valence-electron chi connectivity index (χ2n) is 4.44. The normalized spacial score (nSPS) is 19.6. The highest BCUT2D eigenvalue weighted by atomic mass is 32.2. The molecule has 2 rings (SSSR count). The second-order valence-corrected chi connectivity index (χ2v) is 8.04. The Morgan fingerprint density at radius 2 is 2.24 bits per heavy atom. The van der Waals surface area contributed by atoms with Gasteiger partial charge in [-0.25, -0.2) is 28.0 Å². The number of nitrogens with zero attached hydrogens (tertiary/aromatic N) is 2. The van der Waals surface area contributed by atoms with Crippen LogP contribution in [-0.4, -0.2) is 42.6 Å². The van der Waals surface area contributed by atoms with Crippen molar-refractivity contribution in [1.82, 2.24) is 4.98 Å². The number of nitrogens with one attached hydrogen (secondary N) is 1. The van der Waals surface area contributed by atoms with Crippen LogP contribution in [0.3, 0.4) is 0 Å². The molecule has 10 heteroatoms. The van der Waals surface area contributed by atoms with Crippen molar-refractivity contribution in [2.24, 2.45) is 5.84 Å². The smallest absolute Gasteiger partial charge is 0.178 e. The molecule has 0 aromatic carbocycles. The molecule has 1 aromatic rings. The lowest BCUT2D eigenvalue weighted by molar-refractivity contribution is 0.559. The Balaban J connectivity index is 2.47. The summed E-state index contributed by atoms with van der Waals surface area (Å²) in [6, 6.07) is 0.648. The summed E-state index contributed by atoms with van der Waals surface area (Å²) in [6.45, 7) is 1.85. The van der Waals surface area contributed by atoms with Crippen molar-refractivity contribution < 1.29 is 17.2 Å². The third kappa shape index (κ3) is 3.22. The number of hydrogen-bond donors (Lipinski definition) is 2. The first kappa shape index (κ1) is 16.2. The molecule has 1 atom stereocenters. The van der Waals surface area contributed by atoms with E-state index in [2.05, 4.69) is 4.98 Å². The lowest BCUT2D eigenvalue weighted by Gasteiger charge is -2.35. The van der Waals surface area contributed by atoms with Crippen molar-refractivity contribution in [3.8, 4) is 0 Å². The molecule has 1 unspecified atom stereocenters. The standard InChI is InChI=1S/C11H16F2N4O2S2/c1-2-21(18,19)9-6-20-4-3-17(9)11-8(13)5-7(12)10(15-11)16-14/h5,9H,2-4,6,14H2,1H3,(H,15,16). The first-order chi connectivity index (χ1) is 9.90. The number of hydrogen-bond acceptors (Lipinski definition) is 7. The topological polar surface area (TPSA) is 88.3 Å². The molecule has 21 heavy (non-hydrogen) atoms. The molecule has 1 fully saturated rings. The average molecular weight is 338 g/mol. The molecule has 2 heterocycles. The van der Waals surface area contributed by atoms with E-state index in [-0.39, 0.29) is 17.4 Å². The molecule has 1 aliphatic heterocycles. The second kappa shape index (κ2) is 6.32. The molecule has 0 radical (unpaired) electrons. The van der Waals surface area contributed by atoms with E-state index in [1.807, 2.05) is 5.43 Å². The van der Waals surface area contributed by atoms with Gasteiger partial charge in [-0.05, 0) is 0 Å². The van der Waals surface area contributed by atoms with E-state index in [0.717, 1.165) is 0 Å². The Hall–Kier alpha value is -1.13. The maximum absolute atomic E-state index is 14.0. The van der Waals surface area contributed by atoms with Crippen LogP contribution >= 0.6 is 11.8 Å². The fraction of sp³-hybridized carbons (Fsp3) is 0.545. The molecule has 6 nitrogen and oxygen atoms in total. The molecule has 1 aliphatic rings. The summed E-state index contributed by atoms with van der Waals surface area (Å²) in [4.78, 5) is 5.14. The van der Waals surface area contributed by atoms with E-state index in [0.29, 0.717) is 24.1 Å². The van der Waals surface area contributed by atoms with Crippen molar-refractivity contribution in [3.63, 3.8) is 0 Å². The average Bonchev–Trinajstić information content (AvgIpc) is 2.47. The minimum atomic E-state index is -3.41. The molecule has 1 aromatic heterocycles. The number of hydrazine groups is 1. The van der Waals surface area contributed by atoms with Crippen LogP contribution < -0.4 is 16.2 Å². The number of anilines is 2. The van der Waals surface area contributed by atoms with Crippen molar-refractivity contribution in [3.05, 3.63) is 17.7 Å². The molecule has 0 aliphatic carbocycles. The first-order valence-corrected chi connectivity index (χ1v) is 9.16. The van der Waals surface area contributed by atoms with Gasteiger partial charge < -0.3 is 10.3 Å². The van der Waals surface area contributed by atoms with Crippen LogP contribution in [0.2, 0.25) is 0 Å². The van der Waals surface area contributed by atoms with Crippen molar-refractivity contribution in [2.75, 3.05) is 34.1 Å². The highest BCUT2D eigenvalue weighted by molar-refractivity contribution is 8.01. The Bertz CT molecular complexity index is 627. The highest BCUT2D eigenvalue weighted by Crippen LogP contribution is 2.29. The summed E-state index contributed by atoms with van der Waals surface area (Å²) >= 11 is 1.48. The molecular formula is C11H16F2N4O2S2. The number of nitrogens with two attached hydrogens (primary N) is 1. The summed E-state index contributed by atoms with van der Waals surface area (Å²) in [5, 5.41) is -0.876. The number of aromatic nitrogens is 1. The van der Waals surface area contributed by atoms with Crippen LogP contribution in [0, 0.1) is 11.6 Å². The Morgan fingerprint density at radius 3 is 2.86 bits per heavy atom. The Labute approximate surface area is 126 Å². The zero-order valence-electron chi connectivity index (χ0n) is 11.3. The van der Waals surface area contributed by atoms with Gasteiger partial charge in [0.05, 0.1) is 0 Å². The summed E-state index contributed by atoms with van der Waals surface area (Å²) in [7, 11) is -3.41. The minimum Gasteiger partial charge on any atom is -0.336 e. The third-order valence-electron chi connectivity index (χ3n) is 3.22. The first-order valence-electron chi connectivity index (χ1n) is 6.29. The number of nitrogen functional groups attached to an aromatic ring is 1. The lowest BCUT2D eigenvalue weighted by atomic mass is 10.3. The van der Waals surface area contributed by atoms with E-state index >= 15 is 0 Å². The zero-order chi connectivity index (χ0) is 15.6. The predicted molar refractivity (Wildman–Crippen MR) is 79.9 cm³/mol. The molecule has 118 valence electrons. The monoisotopic (exact) mass is 338 g/mol. The van der Waals surface area contributed by atoms with Gasteiger partial charge in [-0.1, -0.05) is 6.92 Å². The molecule has 0 spiro atoms. The highest BCUT2D eigenvalue weighted by Gasteiger charge is 2.35. The van der Waals surface area contributed by atoms with Crippen LogP contribution in [0.15, 0.2) is 6.07 Å². The largest absolute Gasteiger partial charge is 0.336 e. The number of rotatable bonds is 4. The van der Waals surface area contributed by atoms with Gasteiger partial charge in [-0.2, -0.15) is 11.8 Å². The van der Waals surface area contributed by atoms with Crippen LogP contribution in [-0.2, 0) is 9.84 Å². The van der Waals surface area contributed by atoms with E-state index in [4.69, 9.17) is 5.84 Å². The van der Waals surface area contributed by atoms with Gasteiger partial charge in [0.15, 0.2) is 33.1 Å². The maximum Gasteiger partial charge on any atom is 0.178 e. The van der Waals surface area contributed by atoms with Crippen LogP contribution in [0.4, 0.5) is 20.4 Å². The SMILES string of the molecule is CCS(=O)(=O)C1CSCCN1c1nc(NN)c(F)cc1F. The van der Waals surface area contributed by atoms with Crippen LogP contribution in [0.5, 0.6) is 0 Å². The van der Waals surface area contributed by atoms with E-state index in [1.165, 1.54) is 23.6 Å². The van der Waals surface area contributed by atoms with Gasteiger partial charge >= 0.3 is 0 Å². The van der Waals surface area contributed by atoms with Gasteiger partial charge in [0.2, 0.25) is 0 Å². The lowest BCUT2D eigenvalue weighted by Crippen LogP contribution is -2.48. The number of thioether (sulfide) groups is 1. The quantitative estimate of drug-likeness (QED) is 0.624. The molecule has 3 N–H and O–H groups in total. The summed E-state index contributed by atoms with van der Waals surface area (Å²) in [6.07, 6.45) is 0. The van der Waals surface area contributed by atoms with Crippen LogP contribution in [0.25, 0.3) is 0 Å². The van der Waals surface area contributed by atoms with Gasteiger partial charge in [0.1, 0.15) is 5.37 Å². The summed E-state index contributed by atoms with van der Waals surface area (Å²) in [5.41, 5.74) is 2.04. The Morgan fingerprint density at radius 1 is 1.52 bits per heavy atom. The minimum absolute atomic E-state index is 0.0560. The van der Waals surface area contributed by atoms with Gasteiger partial charge in [-0.15, -0.1) is 0 Å². The molecule has 1 saturated heterocycles. The molecular weight excluding hydrogens is 322 g/mol. The van der Waals surface area contributed by atoms with E-state index < -0.39 is 26.8 Å². The van der Waals surface area contributed by atoms with E-state index in [1.54, 1.807) is 0 Å². The number of halogens is 2.